The van der Waals surface area contributed by atoms with Crippen LogP contribution in [-0.2, 0) is 20.9 Å². The number of benzene rings is 2. The van der Waals surface area contributed by atoms with Gasteiger partial charge in [0.05, 0.1) is 18.9 Å². The SMILES string of the molecule is O=C(CN1C(=O)COc2ccc(Cl)cc21)Nc1ccc2c(ccn2CCN2CCOCC2)c1. The molecule has 0 saturated carbocycles. The van der Waals surface area contributed by atoms with E-state index < -0.39 is 0 Å². The van der Waals surface area contributed by atoms with E-state index in [0.29, 0.717) is 22.1 Å². The highest BCUT2D eigenvalue weighted by Gasteiger charge is 2.27. The zero-order chi connectivity index (χ0) is 22.8. The second kappa shape index (κ2) is 9.43. The van der Waals surface area contributed by atoms with Gasteiger partial charge in [-0.1, -0.05) is 11.6 Å². The number of hydrogen-bond donors (Lipinski definition) is 1. The number of ether oxygens (including phenoxy) is 2. The Labute approximate surface area is 196 Å². The summed E-state index contributed by atoms with van der Waals surface area (Å²) in [6, 6.07) is 12.9. The summed E-state index contributed by atoms with van der Waals surface area (Å²) in [5.74, 6) is -0.0402. The predicted octanol–water partition coefficient (Wildman–Crippen LogP) is 2.99. The predicted molar refractivity (Wildman–Crippen MR) is 127 cm³/mol. The molecule has 1 aromatic heterocycles. The van der Waals surface area contributed by atoms with Crippen LogP contribution in [0.4, 0.5) is 11.4 Å². The summed E-state index contributed by atoms with van der Waals surface area (Å²) in [7, 11) is 0. The lowest BCUT2D eigenvalue weighted by Crippen LogP contribution is -2.43. The molecular weight excluding hydrogens is 444 g/mol. The van der Waals surface area contributed by atoms with Gasteiger partial charge in [-0.2, -0.15) is 0 Å². The van der Waals surface area contributed by atoms with Crippen LogP contribution in [0, 0.1) is 0 Å². The van der Waals surface area contributed by atoms with E-state index in [1.807, 2.05) is 24.3 Å². The first-order chi connectivity index (χ1) is 16.1. The van der Waals surface area contributed by atoms with E-state index in [4.69, 9.17) is 21.1 Å². The summed E-state index contributed by atoms with van der Waals surface area (Å²) >= 11 is 6.08. The van der Waals surface area contributed by atoms with Gasteiger partial charge in [-0.3, -0.25) is 19.4 Å². The fraction of sp³-hybridized carbons (Fsp3) is 0.333. The third-order valence-corrected chi connectivity index (χ3v) is 6.22. The number of amides is 2. The van der Waals surface area contributed by atoms with E-state index in [0.717, 1.165) is 50.3 Å². The molecule has 1 saturated heterocycles. The van der Waals surface area contributed by atoms with E-state index in [1.165, 1.54) is 4.90 Å². The van der Waals surface area contributed by atoms with E-state index in [1.54, 1.807) is 18.2 Å². The summed E-state index contributed by atoms with van der Waals surface area (Å²) < 4.78 is 13.1. The third kappa shape index (κ3) is 4.83. The average Bonchev–Trinajstić information content (AvgIpc) is 3.22. The lowest BCUT2D eigenvalue weighted by molar-refractivity contribution is -0.123. The molecule has 2 aromatic carbocycles. The number of carbonyl (C=O) groups is 2. The molecule has 0 unspecified atom stereocenters. The summed E-state index contributed by atoms with van der Waals surface area (Å²) in [4.78, 5) is 28.9. The molecule has 172 valence electrons. The molecule has 0 bridgehead atoms. The summed E-state index contributed by atoms with van der Waals surface area (Å²) in [6.07, 6.45) is 2.07. The van der Waals surface area contributed by atoms with E-state index in [-0.39, 0.29) is 25.0 Å². The van der Waals surface area contributed by atoms with Crippen LogP contribution >= 0.6 is 11.6 Å². The standard InChI is InChI=1S/C24H25ClN4O4/c25-18-1-4-22-21(14-18)29(24(31)16-33-22)15-23(30)26-19-2-3-20-17(13-19)5-6-28(20)8-7-27-9-11-32-12-10-27/h1-6,13-14H,7-12,15-16H2,(H,26,30). The molecular formula is C24H25ClN4O4. The molecule has 0 atom stereocenters. The van der Waals surface area contributed by atoms with E-state index >= 15 is 0 Å². The molecule has 0 spiro atoms. The zero-order valence-electron chi connectivity index (χ0n) is 18.1. The number of halogens is 1. The Bertz CT molecular complexity index is 1190. The molecule has 1 fully saturated rings. The number of aromatic nitrogens is 1. The number of hydrogen-bond acceptors (Lipinski definition) is 5. The first kappa shape index (κ1) is 21.8. The molecule has 0 aliphatic carbocycles. The minimum absolute atomic E-state index is 0.105. The van der Waals surface area contributed by atoms with Crippen molar-refractivity contribution in [2.75, 3.05) is 56.2 Å². The van der Waals surface area contributed by atoms with Gasteiger partial charge in [-0.15, -0.1) is 0 Å². The van der Waals surface area contributed by atoms with Gasteiger partial charge in [0, 0.05) is 54.0 Å². The Morgan fingerprint density at radius 3 is 2.76 bits per heavy atom. The minimum atomic E-state index is -0.290. The second-order valence-corrected chi connectivity index (χ2v) is 8.60. The van der Waals surface area contributed by atoms with Crippen molar-refractivity contribution in [2.24, 2.45) is 0 Å². The Hall–Kier alpha value is -3.07. The van der Waals surface area contributed by atoms with Crippen molar-refractivity contribution < 1.29 is 19.1 Å². The van der Waals surface area contributed by atoms with Crippen molar-refractivity contribution in [2.45, 2.75) is 6.54 Å². The number of nitrogens with zero attached hydrogens (tertiary/aromatic N) is 3. The summed E-state index contributed by atoms with van der Waals surface area (Å²) in [5, 5.41) is 4.43. The van der Waals surface area contributed by atoms with Crippen molar-refractivity contribution in [3.05, 3.63) is 53.7 Å². The summed E-state index contributed by atoms with van der Waals surface area (Å²) in [6.45, 7) is 5.19. The van der Waals surface area contributed by atoms with Gasteiger partial charge in [0.25, 0.3) is 5.91 Å². The van der Waals surface area contributed by atoms with Crippen LogP contribution in [0.25, 0.3) is 10.9 Å². The first-order valence-corrected chi connectivity index (χ1v) is 11.4. The van der Waals surface area contributed by atoms with Crippen LogP contribution in [-0.4, -0.2) is 67.3 Å². The molecule has 5 rings (SSSR count). The van der Waals surface area contributed by atoms with Crippen molar-refractivity contribution in [3.63, 3.8) is 0 Å². The fourth-order valence-corrected chi connectivity index (χ4v) is 4.41. The normalized spacial score (nSPS) is 16.5. The number of anilines is 2. The van der Waals surface area contributed by atoms with E-state index in [2.05, 4.69) is 21.0 Å². The maximum absolute atomic E-state index is 12.7. The topological polar surface area (TPSA) is 76.0 Å². The highest BCUT2D eigenvalue weighted by molar-refractivity contribution is 6.31. The molecule has 2 aliphatic rings. The Balaban J connectivity index is 1.24. The maximum atomic E-state index is 12.7. The number of nitrogens with one attached hydrogen (secondary N) is 1. The Morgan fingerprint density at radius 2 is 1.91 bits per heavy atom. The first-order valence-electron chi connectivity index (χ1n) is 11.0. The Kier molecular flexibility index (Phi) is 6.22. The zero-order valence-corrected chi connectivity index (χ0v) is 18.9. The van der Waals surface area contributed by atoms with Gasteiger partial charge < -0.3 is 19.4 Å². The molecule has 1 N–H and O–H groups in total. The largest absolute Gasteiger partial charge is 0.482 e. The van der Waals surface area contributed by atoms with Crippen molar-refractivity contribution >= 4 is 45.7 Å². The number of rotatable bonds is 6. The average molecular weight is 469 g/mol. The molecule has 2 amide bonds. The molecule has 33 heavy (non-hydrogen) atoms. The summed E-state index contributed by atoms with van der Waals surface area (Å²) in [5.41, 5.74) is 2.31. The van der Waals surface area contributed by atoms with Crippen LogP contribution in [0.1, 0.15) is 0 Å². The monoisotopic (exact) mass is 468 g/mol. The van der Waals surface area contributed by atoms with Crippen LogP contribution in [0.5, 0.6) is 5.75 Å². The van der Waals surface area contributed by atoms with Gasteiger partial charge >= 0.3 is 0 Å². The van der Waals surface area contributed by atoms with Crippen molar-refractivity contribution in [1.82, 2.24) is 9.47 Å². The minimum Gasteiger partial charge on any atom is -0.482 e. The van der Waals surface area contributed by atoms with Crippen LogP contribution < -0.4 is 15.0 Å². The number of morpholine rings is 1. The Morgan fingerprint density at radius 1 is 1.06 bits per heavy atom. The van der Waals surface area contributed by atoms with E-state index in [9.17, 15) is 9.59 Å². The number of carbonyl (C=O) groups excluding carboxylic acids is 2. The molecule has 3 heterocycles. The highest BCUT2D eigenvalue weighted by atomic mass is 35.5. The second-order valence-electron chi connectivity index (χ2n) is 8.17. The smallest absolute Gasteiger partial charge is 0.265 e. The number of fused-ring (bicyclic) bond motifs is 2. The van der Waals surface area contributed by atoms with Gasteiger partial charge in [0.1, 0.15) is 12.3 Å². The molecule has 9 heteroatoms. The molecule has 8 nitrogen and oxygen atoms in total. The maximum Gasteiger partial charge on any atom is 0.265 e. The van der Waals surface area contributed by atoms with Gasteiger partial charge in [-0.05, 0) is 42.5 Å². The molecule has 0 radical (unpaired) electrons. The van der Waals surface area contributed by atoms with Crippen molar-refractivity contribution in [1.29, 1.82) is 0 Å². The van der Waals surface area contributed by atoms with Crippen LogP contribution in [0.3, 0.4) is 0 Å². The van der Waals surface area contributed by atoms with Crippen LogP contribution in [0.15, 0.2) is 48.7 Å². The fourth-order valence-electron chi connectivity index (χ4n) is 4.24. The highest BCUT2D eigenvalue weighted by Crippen LogP contribution is 2.34. The lowest BCUT2D eigenvalue weighted by atomic mass is 10.2. The van der Waals surface area contributed by atoms with Crippen LogP contribution in [0.2, 0.25) is 5.02 Å². The lowest BCUT2D eigenvalue weighted by Gasteiger charge is -2.29. The quantitative estimate of drug-likeness (QED) is 0.602. The molecule has 2 aliphatic heterocycles. The third-order valence-electron chi connectivity index (χ3n) is 5.98. The van der Waals surface area contributed by atoms with Gasteiger partial charge in [0.2, 0.25) is 5.91 Å². The van der Waals surface area contributed by atoms with Gasteiger partial charge in [-0.25, -0.2) is 0 Å². The molecule has 3 aromatic rings. The van der Waals surface area contributed by atoms with Crippen molar-refractivity contribution in [3.8, 4) is 5.75 Å². The van der Waals surface area contributed by atoms with Gasteiger partial charge in [0.15, 0.2) is 6.61 Å².